The van der Waals surface area contributed by atoms with Crippen molar-refractivity contribution in [1.29, 1.82) is 0 Å². The first-order chi connectivity index (χ1) is 7.40. The van der Waals surface area contributed by atoms with Gasteiger partial charge in [-0.05, 0) is 12.1 Å². The minimum atomic E-state index is -4.12. The van der Waals surface area contributed by atoms with E-state index in [2.05, 4.69) is 4.74 Å². The number of esters is 1. The molecule has 16 heavy (non-hydrogen) atoms. The van der Waals surface area contributed by atoms with Crippen molar-refractivity contribution >= 4 is 27.7 Å². The summed E-state index contributed by atoms with van der Waals surface area (Å²) in [5.41, 5.74) is 0.152. The van der Waals surface area contributed by atoms with Crippen LogP contribution in [0.2, 0.25) is 5.02 Å². The predicted octanol–water partition coefficient (Wildman–Crippen LogP) is 1.38. The summed E-state index contributed by atoms with van der Waals surface area (Å²) in [5, 5.41) is 0.222. The first kappa shape index (κ1) is 13.0. The summed E-state index contributed by atoms with van der Waals surface area (Å²) < 4.78 is 33.7. The quantitative estimate of drug-likeness (QED) is 0.656. The van der Waals surface area contributed by atoms with Gasteiger partial charge in [-0.3, -0.25) is 4.55 Å². The molecule has 0 amide bonds. The highest BCUT2D eigenvalue weighted by Crippen LogP contribution is 2.15. The Bertz CT molecular complexity index is 482. The summed E-state index contributed by atoms with van der Waals surface area (Å²) in [6.45, 7) is -0.414. The Morgan fingerprint density at radius 2 is 2.00 bits per heavy atom. The van der Waals surface area contributed by atoms with Gasteiger partial charge in [0.2, 0.25) is 0 Å². The number of benzene rings is 1. The Labute approximate surface area is 97.7 Å². The van der Waals surface area contributed by atoms with Gasteiger partial charge in [-0.2, -0.15) is 8.42 Å². The molecule has 0 aromatic heterocycles. The van der Waals surface area contributed by atoms with Gasteiger partial charge in [0.05, 0.1) is 10.6 Å². The molecule has 0 aliphatic heterocycles. The molecule has 0 aliphatic carbocycles. The molecule has 0 fully saturated rings. The second-order valence-corrected chi connectivity index (χ2v) is 4.88. The van der Waals surface area contributed by atoms with Gasteiger partial charge in [0.25, 0.3) is 10.1 Å². The second kappa shape index (κ2) is 5.29. The fraction of sp³-hybridized carbons (Fsp3) is 0.222. The highest BCUT2D eigenvalue weighted by atomic mass is 35.5. The number of ether oxygens (including phenoxy) is 1. The molecular formula is C9H9ClO5S. The van der Waals surface area contributed by atoms with Crippen LogP contribution in [0.15, 0.2) is 24.3 Å². The van der Waals surface area contributed by atoms with Crippen molar-refractivity contribution in [3.8, 4) is 0 Å². The number of rotatable bonds is 4. The Balaban J connectivity index is 2.57. The van der Waals surface area contributed by atoms with Crippen LogP contribution in [0.3, 0.4) is 0 Å². The number of carbonyl (C=O) groups excluding carboxylic acids is 1. The van der Waals surface area contributed by atoms with Crippen LogP contribution in [0.4, 0.5) is 0 Å². The second-order valence-electron chi connectivity index (χ2n) is 2.90. The monoisotopic (exact) mass is 264 g/mol. The molecule has 1 aromatic carbocycles. The van der Waals surface area contributed by atoms with Gasteiger partial charge in [0.15, 0.2) is 0 Å². The third kappa shape index (κ3) is 4.18. The largest absolute Gasteiger partial charge is 0.461 e. The average molecular weight is 265 g/mol. The zero-order valence-corrected chi connectivity index (χ0v) is 9.66. The Morgan fingerprint density at radius 3 is 2.56 bits per heavy atom. The summed E-state index contributed by atoms with van der Waals surface area (Å²) >= 11 is 5.72. The molecule has 1 aromatic rings. The minimum absolute atomic E-state index is 0.152. The standard InChI is InChI=1S/C9H9ClO5S/c10-8-4-2-1-3-7(8)9(11)15-5-6-16(12,13)14/h1-4H,5-6H2,(H,12,13,14). The smallest absolute Gasteiger partial charge is 0.339 e. The fourth-order valence-electron chi connectivity index (χ4n) is 0.944. The van der Waals surface area contributed by atoms with Crippen molar-refractivity contribution in [3.05, 3.63) is 34.9 Å². The van der Waals surface area contributed by atoms with Gasteiger partial charge < -0.3 is 4.74 Å². The van der Waals surface area contributed by atoms with Crippen LogP contribution in [-0.4, -0.2) is 31.3 Å². The van der Waals surface area contributed by atoms with Crippen LogP contribution in [-0.2, 0) is 14.9 Å². The van der Waals surface area contributed by atoms with Crippen LogP contribution >= 0.6 is 11.6 Å². The molecule has 0 saturated carbocycles. The Kier molecular flexibility index (Phi) is 4.28. The Hall–Kier alpha value is -1.11. The van der Waals surface area contributed by atoms with Gasteiger partial charge in [-0.15, -0.1) is 0 Å². The fourth-order valence-corrected chi connectivity index (χ4v) is 1.45. The summed E-state index contributed by atoms with van der Waals surface area (Å²) in [6.07, 6.45) is 0. The maximum atomic E-state index is 11.4. The van der Waals surface area contributed by atoms with Gasteiger partial charge in [-0.1, -0.05) is 23.7 Å². The van der Waals surface area contributed by atoms with Crippen molar-refractivity contribution in [2.24, 2.45) is 0 Å². The lowest BCUT2D eigenvalue weighted by Crippen LogP contribution is -2.14. The van der Waals surface area contributed by atoms with Crippen LogP contribution in [0.1, 0.15) is 10.4 Å². The van der Waals surface area contributed by atoms with Crippen molar-refractivity contribution in [1.82, 2.24) is 0 Å². The highest BCUT2D eigenvalue weighted by Gasteiger charge is 2.12. The van der Waals surface area contributed by atoms with Crippen molar-refractivity contribution in [2.75, 3.05) is 12.4 Å². The number of carbonyl (C=O) groups is 1. The zero-order valence-electron chi connectivity index (χ0n) is 8.09. The average Bonchev–Trinajstić information content (AvgIpc) is 2.16. The first-order valence-corrected chi connectivity index (χ1v) is 6.25. The van der Waals surface area contributed by atoms with E-state index in [0.29, 0.717) is 0 Å². The van der Waals surface area contributed by atoms with E-state index in [1.165, 1.54) is 12.1 Å². The molecule has 1 N–H and O–H groups in total. The van der Waals surface area contributed by atoms with Gasteiger partial charge in [0, 0.05) is 0 Å². The van der Waals surface area contributed by atoms with E-state index < -0.39 is 28.4 Å². The molecule has 0 radical (unpaired) electrons. The zero-order chi connectivity index (χ0) is 12.2. The van der Waals surface area contributed by atoms with Gasteiger partial charge >= 0.3 is 5.97 Å². The van der Waals surface area contributed by atoms with E-state index in [1.807, 2.05) is 0 Å². The van der Waals surface area contributed by atoms with E-state index in [1.54, 1.807) is 12.1 Å². The van der Waals surface area contributed by atoms with E-state index in [9.17, 15) is 13.2 Å². The Morgan fingerprint density at radius 1 is 1.38 bits per heavy atom. The van der Waals surface area contributed by atoms with Crippen LogP contribution in [0.25, 0.3) is 0 Å². The molecular weight excluding hydrogens is 256 g/mol. The summed E-state index contributed by atoms with van der Waals surface area (Å²) in [7, 11) is -4.12. The third-order valence-corrected chi connectivity index (χ3v) is 2.68. The van der Waals surface area contributed by atoms with E-state index in [-0.39, 0.29) is 10.6 Å². The molecule has 1 rings (SSSR count). The van der Waals surface area contributed by atoms with Gasteiger partial charge in [-0.25, -0.2) is 4.79 Å². The number of hydrogen-bond donors (Lipinski definition) is 1. The molecule has 0 saturated heterocycles. The van der Waals surface area contributed by atoms with E-state index in [0.717, 1.165) is 0 Å². The minimum Gasteiger partial charge on any atom is -0.461 e. The maximum absolute atomic E-state index is 11.4. The molecule has 0 aliphatic rings. The summed E-state index contributed by atoms with van der Waals surface area (Å²) in [4.78, 5) is 11.4. The molecule has 5 nitrogen and oxygen atoms in total. The molecule has 88 valence electrons. The van der Waals surface area contributed by atoms with Crippen molar-refractivity contribution < 1.29 is 22.5 Å². The highest BCUT2D eigenvalue weighted by molar-refractivity contribution is 7.85. The maximum Gasteiger partial charge on any atom is 0.339 e. The van der Waals surface area contributed by atoms with Gasteiger partial charge in [0.1, 0.15) is 12.4 Å². The topological polar surface area (TPSA) is 80.7 Å². The molecule has 7 heteroatoms. The van der Waals surface area contributed by atoms with Crippen LogP contribution < -0.4 is 0 Å². The van der Waals surface area contributed by atoms with Crippen LogP contribution in [0.5, 0.6) is 0 Å². The normalized spacial score (nSPS) is 11.1. The predicted molar refractivity (Wildman–Crippen MR) is 58.2 cm³/mol. The SMILES string of the molecule is O=C(OCCS(=O)(=O)O)c1ccccc1Cl. The lowest BCUT2D eigenvalue weighted by atomic mass is 10.2. The first-order valence-electron chi connectivity index (χ1n) is 4.27. The third-order valence-electron chi connectivity index (χ3n) is 1.67. The van der Waals surface area contributed by atoms with Crippen LogP contribution in [0, 0.1) is 0 Å². The van der Waals surface area contributed by atoms with E-state index in [4.69, 9.17) is 16.2 Å². The lowest BCUT2D eigenvalue weighted by Gasteiger charge is -2.04. The number of halogens is 1. The number of hydrogen-bond acceptors (Lipinski definition) is 4. The summed E-state index contributed by atoms with van der Waals surface area (Å²) in [6, 6.07) is 6.22. The summed E-state index contributed by atoms with van der Waals surface area (Å²) in [5.74, 6) is -1.36. The molecule has 0 bridgehead atoms. The lowest BCUT2D eigenvalue weighted by molar-refractivity contribution is 0.0528. The molecule has 0 unspecified atom stereocenters. The van der Waals surface area contributed by atoms with Crippen molar-refractivity contribution in [3.63, 3.8) is 0 Å². The molecule has 0 spiro atoms. The molecule has 0 heterocycles. The molecule has 0 atom stereocenters. The van der Waals surface area contributed by atoms with E-state index >= 15 is 0 Å². The van der Waals surface area contributed by atoms with Crippen molar-refractivity contribution in [2.45, 2.75) is 0 Å².